The molecule has 0 unspecified atom stereocenters. The molecule has 0 amide bonds. The van der Waals surface area contributed by atoms with Gasteiger partial charge in [-0.3, -0.25) is 4.68 Å². The van der Waals surface area contributed by atoms with Crippen LogP contribution in [0.4, 0.5) is 5.82 Å². The van der Waals surface area contributed by atoms with Crippen LogP contribution in [0, 0.1) is 0 Å². The number of rotatable bonds is 2. The van der Waals surface area contributed by atoms with Crippen LogP contribution >= 0.6 is 22.9 Å². The highest BCUT2D eigenvalue weighted by Gasteiger charge is 2.23. The number of fused-ring (bicyclic) bond motifs is 1. The number of aryl methyl sites for hydroxylation is 1. The number of nitrogens with one attached hydrogen (secondary N) is 1. The van der Waals surface area contributed by atoms with E-state index in [4.69, 9.17) is 11.6 Å². The lowest BCUT2D eigenvalue weighted by Crippen LogP contribution is -2.02. The van der Waals surface area contributed by atoms with Gasteiger partial charge in [-0.2, -0.15) is 5.10 Å². The highest BCUT2D eigenvalue weighted by Crippen LogP contribution is 2.35. The van der Waals surface area contributed by atoms with E-state index in [9.17, 15) is 0 Å². The number of aromatic nitrogens is 2. The number of nitrogens with zero attached hydrogens (tertiary/aromatic N) is 2. The summed E-state index contributed by atoms with van der Waals surface area (Å²) in [5.74, 6) is 0.980. The molecule has 1 aliphatic rings. The average Bonchev–Trinajstić information content (AvgIpc) is 2.79. The number of thiophene rings is 1. The molecule has 0 atom stereocenters. The number of anilines is 1. The van der Waals surface area contributed by atoms with Crippen molar-refractivity contribution in [1.29, 1.82) is 0 Å². The maximum Gasteiger partial charge on any atom is 0.157 e. The van der Waals surface area contributed by atoms with Crippen molar-refractivity contribution in [1.82, 2.24) is 9.78 Å². The average molecular weight is 228 g/mol. The third-order valence-electron chi connectivity index (χ3n) is 2.40. The van der Waals surface area contributed by atoms with Crippen LogP contribution in [0.3, 0.4) is 0 Å². The molecule has 0 saturated heterocycles. The molecule has 74 valence electrons. The van der Waals surface area contributed by atoms with Gasteiger partial charge in [0, 0.05) is 13.1 Å². The minimum atomic E-state index is 0.631. The van der Waals surface area contributed by atoms with Crippen LogP contribution in [0.5, 0.6) is 0 Å². The Morgan fingerprint density at radius 3 is 3.14 bits per heavy atom. The molecule has 0 aliphatic heterocycles. The maximum absolute atomic E-state index is 5.97. The lowest BCUT2D eigenvalue weighted by atomic mass is 10.4. The first-order valence-corrected chi connectivity index (χ1v) is 5.82. The van der Waals surface area contributed by atoms with Gasteiger partial charge < -0.3 is 5.32 Å². The van der Waals surface area contributed by atoms with Crippen molar-refractivity contribution in [2.45, 2.75) is 18.9 Å². The zero-order valence-electron chi connectivity index (χ0n) is 7.75. The predicted molar refractivity (Wildman–Crippen MR) is 60.2 cm³/mol. The van der Waals surface area contributed by atoms with E-state index in [1.165, 1.54) is 12.8 Å². The van der Waals surface area contributed by atoms with Gasteiger partial charge in [0.05, 0.1) is 9.72 Å². The Labute approximate surface area is 90.7 Å². The normalized spacial score (nSPS) is 16.4. The number of hydrogen-bond donors (Lipinski definition) is 1. The highest BCUT2D eigenvalue weighted by atomic mass is 35.5. The number of halogens is 1. The Hall–Kier alpha value is -0.740. The molecule has 2 heterocycles. The first-order valence-electron chi connectivity index (χ1n) is 4.62. The fourth-order valence-electron chi connectivity index (χ4n) is 1.54. The molecule has 2 aromatic heterocycles. The Bertz CT molecular complexity index is 483. The van der Waals surface area contributed by atoms with Crippen molar-refractivity contribution in [2.24, 2.45) is 7.05 Å². The van der Waals surface area contributed by atoms with Crippen LogP contribution in [0.1, 0.15) is 12.8 Å². The van der Waals surface area contributed by atoms with E-state index in [1.54, 1.807) is 11.3 Å². The molecule has 1 saturated carbocycles. The van der Waals surface area contributed by atoms with E-state index in [2.05, 4.69) is 10.4 Å². The van der Waals surface area contributed by atoms with Crippen LogP contribution in [-0.4, -0.2) is 15.8 Å². The molecule has 5 heteroatoms. The minimum absolute atomic E-state index is 0.631. The summed E-state index contributed by atoms with van der Waals surface area (Å²) in [4.78, 5) is 1.14. The molecule has 0 aromatic carbocycles. The van der Waals surface area contributed by atoms with Gasteiger partial charge in [0.2, 0.25) is 0 Å². The largest absolute Gasteiger partial charge is 0.365 e. The molecule has 0 radical (unpaired) electrons. The summed E-state index contributed by atoms with van der Waals surface area (Å²) in [6.45, 7) is 0. The highest BCUT2D eigenvalue weighted by molar-refractivity contribution is 7.22. The summed E-state index contributed by atoms with van der Waals surface area (Å²) in [6, 6.07) is 2.62. The van der Waals surface area contributed by atoms with Gasteiger partial charge in [-0.15, -0.1) is 11.3 Å². The summed E-state index contributed by atoms with van der Waals surface area (Å²) < 4.78 is 2.71. The van der Waals surface area contributed by atoms with Gasteiger partial charge in [0.25, 0.3) is 0 Å². The second-order valence-electron chi connectivity index (χ2n) is 3.66. The van der Waals surface area contributed by atoms with Crippen LogP contribution in [0.15, 0.2) is 6.07 Å². The number of hydrogen-bond acceptors (Lipinski definition) is 3. The zero-order valence-corrected chi connectivity index (χ0v) is 9.32. The summed E-state index contributed by atoms with van der Waals surface area (Å²) in [7, 11) is 1.95. The topological polar surface area (TPSA) is 29.9 Å². The molecule has 3 nitrogen and oxygen atoms in total. The van der Waals surface area contributed by atoms with Crippen molar-refractivity contribution < 1.29 is 0 Å². The molecule has 0 bridgehead atoms. The molecule has 1 fully saturated rings. The summed E-state index contributed by atoms with van der Waals surface area (Å²) in [5.41, 5.74) is 0. The predicted octanol–water partition coefficient (Wildman–Crippen LogP) is 2.86. The van der Waals surface area contributed by atoms with Gasteiger partial charge in [-0.25, -0.2) is 0 Å². The van der Waals surface area contributed by atoms with E-state index < -0.39 is 0 Å². The molecule has 0 spiro atoms. The van der Waals surface area contributed by atoms with Crippen LogP contribution in [-0.2, 0) is 7.05 Å². The van der Waals surface area contributed by atoms with E-state index in [0.29, 0.717) is 6.04 Å². The third kappa shape index (κ3) is 1.29. The van der Waals surface area contributed by atoms with Gasteiger partial charge in [0.15, 0.2) is 5.82 Å². The van der Waals surface area contributed by atoms with Crippen molar-refractivity contribution in [3.8, 4) is 0 Å². The lowest BCUT2D eigenvalue weighted by Gasteiger charge is -1.97. The molecule has 14 heavy (non-hydrogen) atoms. The minimum Gasteiger partial charge on any atom is -0.365 e. The van der Waals surface area contributed by atoms with Gasteiger partial charge >= 0.3 is 0 Å². The van der Waals surface area contributed by atoms with Gasteiger partial charge in [-0.05, 0) is 18.9 Å². The molecule has 2 aromatic rings. The van der Waals surface area contributed by atoms with Gasteiger partial charge in [-0.1, -0.05) is 11.6 Å². The first-order chi connectivity index (χ1) is 6.74. The second kappa shape index (κ2) is 2.87. The summed E-state index contributed by atoms with van der Waals surface area (Å²) in [5, 5.41) is 8.99. The third-order valence-corrected chi connectivity index (χ3v) is 3.73. The van der Waals surface area contributed by atoms with E-state index in [-0.39, 0.29) is 0 Å². The smallest absolute Gasteiger partial charge is 0.157 e. The first kappa shape index (κ1) is 8.56. The van der Waals surface area contributed by atoms with Crippen LogP contribution in [0.2, 0.25) is 4.34 Å². The quantitative estimate of drug-likeness (QED) is 0.855. The molecular formula is C9H10ClN3S. The summed E-state index contributed by atoms with van der Waals surface area (Å²) in [6.07, 6.45) is 2.52. The zero-order chi connectivity index (χ0) is 9.71. The Kier molecular flexibility index (Phi) is 1.76. The van der Waals surface area contributed by atoms with E-state index in [0.717, 1.165) is 20.4 Å². The Morgan fingerprint density at radius 2 is 2.43 bits per heavy atom. The standard InChI is InChI=1S/C9H10ClN3S/c1-13-9-6(4-7(10)14-9)8(12-13)11-5-2-3-5/h4-5H,2-3H2,1H3,(H,11,12). The summed E-state index contributed by atoms with van der Waals surface area (Å²) >= 11 is 7.54. The molecule has 1 aliphatic carbocycles. The Balaban J connectivity index is 2.11. The van der Waals surface area contributed by atoms with Crippen LogP contribution < -0.4 is 5.32 Å². The fraction of sp³-hybridized carbons (Fsp3) is 0.444. The van der Waals surface area contributed by atoms with Crippen molar-refractivity contribution in [3.05, 3.63) is 10.4 Å². The molecule has 1 N–H and O–H groups in total. The van der Waals surface area contributed by atoms with E-state index >= 15 is 0 Å². The Morgan fingerprint density at radius 1 is 1.64 bits per heavy atom. The molecule has 3 rings (SSSR count). The SMILES string of the molecule is Cn1nc(NC2CC2)c2cc(Cl)sc21. The maximum atomic E-state index is 5.97. The second-order valence-corrected chi connectivity index (χ2v) is 5.32. The van der Waals surface area contributed by atoms with Crippen molar-refractivity contribution in [3.63, 3.8) is 0 Å². The monoisotopic (exact) mass is 227 g/mol. The van der Waals surface area contributed by atoms with Crippen molar-refractivity contribution >= 4 is 39.0 Å². The van der Waals surface area contributed by atoms with E-state index in [1.807, 2.05) is 17.8 Å². The van der Waals surface area contributed by atoms with Gasteiger partial charge in [0.1, 0.15) is 4.83 Å². The fourth-order valence-corrected chi connectivity index (χ4v) is 2.67. The van der Waals surface area contributed by atoms with Crippen LogP contribution in [0.25, 0.3) is 10.2 Å². The molecular weight excluding hydrogens is 218 g/mol. The van der Waals surface area contributed by atoms with Crippen molar-refractivity contribution in [2.75, 3.05) is 5.32 Å². The lowest BCUT2D eigenvalue weighted by molar-refractivity contribution is 0.802.